The zero-order valence-corrected chi connectivity index (χ0v) is 20.5. The largest absolute Gasteiger partial charge is 0.378 e. The minimum Gasteiger partial charge on any atom is -0.378 e. The zero-order chi connectivity index (χ0) is 22.8. The van der Waals surface area contributed by atoms with Crippen molar-refractivity contribution in [2.24, 2.45) is 17.3 Å². The molecule has 32 heavy (non-hydrogen) atoms. The third kappa shape index (κ3) is 5.18. The van der Waals surface area contributed by atoms with E-state index in [4.69, 9.17) is 4.74 Å². The van der Waals surface area contributed by atoms with Crippen molar-refractivity contribution in [1.82, 2.24) is 19.7 Å². The van der Waals surface area contributed by atoms with Gasteiger partial charge in [-0.05, 0) is 55.9 Å². The molecule has 3 atom stereocenters. The van der Waals surface area contributed by atoms with Gasteiger partial charge in [-0.2, -0.15) is 0 Å². The lowest BCUT2D eigenvalue weighted by molar-refractivity contribution is 0.00461. The minimum absolute atomic E-state index is 0.0482. The summed E-state index contributed by atoms with van der Waals surface area (Å²) in [6, 6.07) is 2.02. The Kier molecular flexibility index (Phi) is 7.22. The van der Waals surface area contributed by atoms with Crippen molar-refractivity contribution in [3.63, 3.8) is 0 Å². The SMILES string of the molecule is CCCC(CCCC1(C(C)C(C)S(=O)(=O)NC2COC2)CC1)Cc1ncnc2[nH]ccc12. The molecule has 178 valence electrons. The first-order chi connectivity index (χ1) is 15.3. The van der Waals surface area contributed by atoms with Crippen LogP contribution in [0.4, 0.5) is 0 Å². The summed E-state index contributed by atoms with van der Waals surface area (Å²) in [6.45, 7) is 7.25. The summed E-state index contributed by atoms with van der Waals surface area (Å²) in [5, 5.41) is 0.754. The molecule has 0 aromatic carbocycles. The van der Waals surface area contributed by atoms with Gasteiger partial charge in [0, 0.05) is 11.6 Å². The highest BCUT2D eigenvalue weighted by atomic mass is 32.2. The lowest BCUT2D eigenvalue weighted by atomic mass is 9.82. The molecule has 3 heterocycles. The number of rotatable bonds is 13. The molecule has 1 aliphatic heterocycles. The van der Waals surface area contributed by atoms with Gasteiger partial charge in [-0.3, -0.25) is 0 Å². The Hall–Kier alpha value is -1.51. The number of fused-ring (bicyclic) bond motifs is 1. The predicted octanol–water partition coefficient (Wildman–Crippen LogP) is 4.21. The normalized spacial score (nSPS) is 21.2. The van der Waals surface area contributed by atoms with Gasteiger partial charge >= 0.3 is 0 Å². The molecule has 3 unspecified atom stereocenters. The molecule has 1 saturated heterocycles. The summed E-state index contributed by atoms with van der Waals surface area (Å²) in [6.07, 6.45) is 12.6. The Morgan fingerprint density at radius 3 is 2.69 bits per heavy atom. The molecule has 7 nitrogen and oxygen atoms in total. The second-order valence-electron chi connectivity index (χ2n) is 10.1. The molecule has 0 spiro atoms. The molecular formula is C24H38N4O3S. The summed E-state index contributed by atoms with van der Waals surface area (Å²) in [5.41, 5.74) is 2.23. The first-order valence-electron chi connectivity index (χ1n) is 12.2. The van der Waals surface area contributed by atoms with Crippen molar-refractivity contribution in [1.29, 1.82) is 0 Å². The van der Waals surface area contributed by atoms with Gasteiger partial charge in [0.2, 0.25) is 10.0 Å². The van der Waals surface area contributed by atoms with E-state index in [-0.39, 0.29) is 22.6 Å². The van der Waals surface area contributed by atoms with E-state index in [1.807, 2.05) is 13.1 Å². The van der Waals surface area contributed by atoms with Gasteiger partial charge in [0.15, 0.2) is 0 Å². The van der Waals surface area contributed by atoms with Gasteiger partial charge < -0.3 is 9.72 Å². The van der Waals surface area contributed by atoms with Crippen LogP contribution in [0.15, 0.2) is 18.6 Å². The van der Waals surface area contributed by atoms with Crippen LogP contribution in [0.3, 0.4) is 0 Å². The third-order valence-electron chi connectivity index (χ3n) is 7.92. The molecule has 0 amide bonds. The van der Waals surface area contributed by atoms with Gasteiger partial charge in [0.1, 0.15) is 12.0 Å². The fraction of sp³-hybridized carbons (Fsp3) is 0.750. The number of aromatic nitrogens is 3. The van der Waals surface area contributed by atoms with Crippen LogP contribution >= 0.6 is 0 Å². The van der Waals surface area contributed by atoms with Crippen LogP contribution in [-0.4, -0.2) is 47.9 Å². The molecule has 1 aliphatic carbocycles. The number of hydrogen-bond donors (Lipinski definition) is 2. The number of ether oxygens (including phenoxy) is 1. The average Bonchev–Trinajstić information content (AvgIpc) is 3.36. The van der Waals surface area contributed by atoms with Crippen LogP contribution in [0.2, 0.25) is 0 Å². The number of aromatic amines is 1. The maximum atomic E-state index is 12.8. The first-order valence-corrected chi connectivity index (χ1v) is 13.7. The summed E-state index contributed by atoms with van der Waals surface area (Å²) in [7, 11) is -3.32. The quantitative estimate of drug-likeness (QED) is 0.465. The van der Waals surface area contributed by atoms with Crippen LogP contribution < -0.4 is 4.72 Å². The number of hydrogen-bond acceptors (Lipinski definition) is 5. The van der Waals surface area contributed by atoms with Crippen LogP contribution in [0.25, 0.3) is 11.0 Å². The number of nitrogens with one attached hydrogen (secondary N) is 2. The van der Waals surface area contributed by atoms with Crippen molar-refractivity contribution < 1.29 is 13.2 Å². The topological polar surface area (TPSA) is 97.0 Å². The molecule has 0 radical (unpaired) electrons. The summed E-state index contributed by atoms with van der Waals surface area (Å²) in [5.74, 6) is 0.757. The Bertz CT molecular complexity index is 998. The molecule has 0 bridgehead atoms. The first kappa shape index (κ1) is 23.6. The molecule has 8 heteroatoms. The van der Waals surface area contributed by atoms with Crippen molar-refractivity contribution in [3.8, 4) is 0 Å². The maximum absolute atomic E-state index is 12.8. The highest BCUT2D eigenvalue weighted by Gasteiger charge is 2.50. The molecule has 1 saturated carbocycles. The maximum Gasteiger partial charge on any atom is 0.214 e. The molecule has 2 aliphatic rings. The summed E-state index contributed by atoms with van der Waals surface area (Å²) >= 11 is 0. The minimum atomic E-state index is -3.32. The van der Waals surface area contributed by atoms with Gasteiger partial charge in [-0.1, -0.05) is 39.5 Å². The molecule has 2 N–H and O–H groups in total. The van der Waals surface area contributed by atoms with Crippen molar-refractivity contribution in [3.05, 3.63) is 24.3 Å². The molecular weight excluding hydrogens is 424 g/mol. The Balaban J connectivity index is 1.32. The summed E-state index contributed by atoms with van der Waals surface area (Å²) < 4.78 is 33.6. The Morgan fingerprint density at radius 1 is 1.25 bits per heavy atom. The van der Waals surface area contributed by atoms with Crippen LogP contribution in [0.1, 0.15) is 71.4 Å². The molecule has 4 rings (SSSR count). The number of nitrogens with zero attached hydrogens (tertiary/aromatic N) is 2. The second-order valence-corrected chi connectivity index (χ2v) is 12.1. The second kappa shape index (κ2) is 9.77. The van der Waals surface area contributed by atoms with E-state index in [9.17, 15) is 8.42 Å². The van der Waals surface area contributed by atoms with Crippen molar-refractivity contribution >= 4 is 21.1 Å². The van der Waals surface area contributed by atoms with Crippen molar-refractivity contribution in [2.75, 3.05) is 13.2 Å². The Labute approximate surface area is 192 Å². The van der Waals surface area contributed by atoms with Gasteiger partial charge in [0.25, 0.3) is 0 Å². The fourth-order valence-corrected chi connectivity index (χ4v) is 7.01. The average molecular weight is 463 g/mol. The highest BCUT2D eigenvalue weighted by Crippen LogP contribution is 2.57. The zero-order valence-electron chi connectivity index (χ0n) is 19.6. The number of H-pyrrole nitrogens is 1. The predicted molar refractivity (Wildman–Crippen MR) is 127 cm³/mol. The van der Waals surface area contributed by atoms with E-state index in [2.05, 4.69) is 39.6 Å². The highest BCUT2D eigenvalue weighted by molar-refractivity contribution is 7.90. The van der Waals surface area contributed by atoms with Gasteiger partial charge in [-0.25, -0.2) is 23.1 Å². The molecule has 2 aromatic heterocycles. The van der Waals surface area contributed by atoms with Crippen molar-refractivity contribution in [2.45, 2.75) is 83.4 Å². The fourth-order valence-electron chi connectivity index (χ4n) is 5.37. The van der Waals surface area contributed by atoms with E-state index >= 15 is 0 Å². The van der Waals surface area contributed by atoms with E-state index in [0.29, 0.717) is 19.1 Å². The van der Waals surface area contributed by atoms with E-state index < -0.39 is 10.0 Å². The smallest absolute Gasteiger partial charge is 0.214 e. The lowest BCUT2D eigenvalue weighted by Crippen LogP contribution is -2.52. The summed E-state index contributed by atoms with van der Waals surface area (Å²) in [4.78, 5) is 12.1. The van der Waals surface area contributed by atoms with E-state index in [0.717, 1.165) is 55.3 Å². The monoisotopic (exact) mass is 462 g/mol. The molecule has 2 aromatic rings. The lowest BCUT2D eigenvalue weighted by Gasteiger charge is -2.33. The van der Waals surface area contributed by atoms with E-state index in [1.165, 1.54) is 12.8 Å². The van der Waals surface area contributed by atoms with Crippen LogP contribution in [-0.2, 0) is 21.2 Å². The standard InChI is InChI=1S/C24H38N4O3S/c1-4-6-19(13-22-21-8-12-25-23(21)27-16-26-22)7-5-9-24(10-11-24)17(2)18(3)32(29,30)28-20-14-31-15-20/h8,12,16-20,28H,4-7,9-11,13-15H2,1-3H3,(H,25,26,27). The van der Waals surface area contributed by atoms with Crippen LogP contribution in [0, 0.1) is 17.3 Å². The van der Waals surface area contributed by atoms with Gasteiger partial charge in [0.05, 0.1) is 30.2 Å². The van der Waals surface area contributed by atoms with Gasteiger partial charge in [-0.15, -0.1) is 0 Å². The Morgan fingerprint density at radius 2 is 2.03 bits per heavy atom. The van der Waals surface area contributed by atoms with Crippen LogP contribution in [0.5, 0.6) is 0 Å². The third-order valence-corrected chi connectivity index (χ3v) is 9.97. The number of sulfonamides is 1. The van der Waals surface area contributed by atoms with E-state index in [1.54, 1.807) is 6.33 Å². The molecule has 2 fully saturated rings.